The average molecular weight is 421 g/mol. The van der Waals surface area contributed by atoms with Crippen LogP contribution in [0.2, 0.25) is 0 Å². The Balaban J connectivity index is 1.53. The van der Waals surface area contributed by atoms with Crippen molar-refractivity contribution in [3.63, 3.8) is 0 Å². The molecule has 0 amide bonds. The molecule has 0 saturated carbocycles. The lowest BCUT2D eigenvalue weighted by atomic mass is 10.1. The topological polar surface area (TPSA) is 66.1 Å². The van der Waals surface area contributed by atoms with E-state index in [4.69, 9.17) is 4.74 Å². The van der Waals surface area contributed by atoms with Crippen LogP contribution in [0.1, 0.15) is 13.8 Å². The van der Waals surface area contributed by atoms with Gasteiger partial charge in [0, 0.05) is 29.0 Å². The van der Waals surface area contributed by atoms with Crippen LogP contribution in [-0.4, -0.2) is 34.1 Å². The van der Waals surface area contributed by atoms with Gasteiger partial charge < -0.3 is 19.9 Å². The Hall–Kier alpha value is -3.68. The summed E-state index contributed by atoms with van der Waals surface area (Å²) in [5.41, 5.74) is 2.66. The highest BCUT2D eigenvalue weighted by Crippen LogP contribution is 2.39. The number of aromatic amines is 1. The van der Waals surface area contributed by atoms with Crippen molar-refractivity contribution >= 4 is 28.2 Å². The van der Waals surface area contributed by atoms with Crippen LogP contribution in [0.25, 0.3) is 22.2 Å². The lowest BCUT2D eigenvalue weighted by Crippen LogP contribution is -2.38. The molecule has 4 aromatic rings. The molecule has 0 aliphatic carbocycles. The zero-order chi connectivity index (χ0) is 21.5. The van der Waals surface area contributed by atoms with Gasteiger partial charge in [-0.15, -0.1) is 0 Å². The molecule has 2 aromatic heterocycles. The van der Waals surface area contributed by atoms with Gasteiger partial charge in [0.2, 0.25) is 5.95 Å². The second-order valence-electron chi connectivity index (χ2n) is 7.74. The van der Waals surface area contributed by atoms with E-state index in [9.17, 15) is 8.78 Å². The van der Waals surface area contributed by atoms with Gasteiger partial charge in [0.25, 0.3) is 0 Å². The van der Waals surface area contributed by atoms with Gasteiger partial charge in [0.1, 0.15) is 12.3 Å². The van der Waals surface area contributed by atoms with E-state index < -0.39 is 11.6 Å². The first-order valence-corrected chi connectivity index (χ1v) is 10.1. The average Bonchev–Trinajstić information content (AvgIpc) is 3.22. The highest BCUT2D eigenvalue weighted by atomic mass is 19.1. The second kappa shape index (κ2) is 7.54. The maximum atomic E-state index is 14.8. The van der Waals surface area contributed by atoms with Crippen LogP contribution in [0, 0.1) is 11.6 Å². The minimum Gasteiger partial charge on any atom is -0.486 e. The molecule has 0 saturated heterocycles. The highest BCUT2D eigenvalue weighted by Gasteiger charge is 2.25. The second-order valence-corrected chi connectivity index (χ2v) is 7.74. The maximum absolute atomic E-state index is 14.8. The summed E-state index contributed by atoms with van der Waals surface area (Å²) >= 11 is 0. The molecular weight excluding hydrogens is 400 g/mol. The van der Waals surface area contributed by atoms with E-state index in [0.717, 1.165) is 22.8 Å². The van der Waals surface area contributed by atoms with Gasteiger partial charge in [-0.3, -0.25) is 0 Å². The fraction of sp³-hybridized carbons (Fsp3) is 0.217. The van der Waals surface area contributed by atoms with Crippen molar-refractivity contribution in [1.29, 1.82) is 0 Å². The van der Waals surface area contributed by atoms with Gasteiger partial charge in [-0.05, 0) is 49.6 Å². The van der Waals surface area contributed by atoms with Crippen LogP contribution in [0.4, 0.5) is 26.1 Å². The van der Waals surface area contributed by atoms with E-state index in [1.54, 1.807) is 6.07 Å². The third-order valence-electron chi connectivity index (χ3n) is 5.36. The van der Waals surface area contributed by atoms with Crippen molar-refractivity contribution in [2.45, 2.75) is 19.9 Å². The number of benzene rings is 2. The minimum absolute atomic E-state index is 0.0226. The SMILES string of the molecule is CC(C)N1CCOc2c(F)cc(-c3nc(Nc4ccc5cc[nH]c5c4)ncc3F)cc21. The van der Waals surface area contributed by atoms with Crippen molar-refractivity contribution in [2.75, 3.05) is 23.4 Å². The van der Waals surface area contributed by atoms with Gasteiger partial charge in [-0.25, -0.2) is 18.7 Å². The third kappa shape index (κ3) is 3.54. The highest BCUT2D eigenvalue weighted by molar-refractivity contribution is 5.83. The fourth-order valence-corrected chi connectivity index (χ4v) is 3.86. The first-order chi connectivity index (χ1) is 15.0. The molecule has 1 aliphatic rings. The van der Waals surface area contributed by atoms with E-state index in [0.29, 0.717) is 24.4 Å². The monoisotopic (exact) mass is 421 g/mol. The van der Waals surface area contributed by atoms with Crippen LogP contribution in [0.15, 0.2) is 48.8 Å². The van der Waals surface area contributed by atoms with Gasteiger partial charge in [-0.2, -0.15) is 0 Å². The van der Waals surface area contributed by atoms with Crippen molar-refractivity contribution in [3.8, 4) is 17.0 Å². The number of rotatable bonds is 4. The van der Waals surface area contributed by atoms with Crippen LogP contribution in [0.5, 0.6) is 5.75 Å². The molecule has 0 radical (unpaired) electrons. The normalized spacial score (nSPS) is 13.4. The zero-order valence-corrected chi connectivity index (χ0v) is 17.1. The smallest absolute Gasteiger partial charge is 0.227 e. The van der Waals surface area contributed by atoms with E-state index >= 15 is 0 Å². The molecular formula is C23H21F2N5O. The lowest BCUT2D eigenvalue weighted by Gasteiger charge is -2.34. The molecule has 0 spiro atoms. The molecule has 0 bridgehead atoms. The number of fused-ring (bicyclic) bond motifs is 2. The number of anilines is 3. The fourth-order valence-electron chi connectivity index (χ4n) is 3.86. The summed E-state index contributed by atoms with van der Waals surface area (Å²) in [7, 11) is 0. The number of nitrogens with one attached hydrogen (secondary N) is 2. The number of aromatic nitrogens is 3. The third-order valence-corrected chi connectivity index (χ3v) is 5.36. The molecule has 0 atom stereocenters. The molecule has 1 aliphatic heterocycles. The Morgan fingerprint density at radius 1 is 1.13 bits per heavy atom. The van der Waals surface area contributed by atoms with E-state index in [2.05, 4.69) is 20.3 Å². The number of H-pyrrole nitrogens is 1. The predicted molar refractivity (Wildman–Crippen MR) is 117 cm³/mol. The van der Waals surface area contributed by atoms with E-state index in [1.165, 1.54) is 6.07 Å². The van der Waals surface area contributed by atoms with Crippen molar-refractivity contribution in [2.24, 2.45) is 0 Å². The number of hydrogen-bond acceptors (Lipinski definition) is 5. The molecule has 31 heavy (non-hydrogen) atoms. The number of ether oxygens (including phenoxy) is 1. The van der Waals surface area contributed by atoms with E-state index in [1.807, 2.05) is 49.2 Å². The standard InChI is InChI=1S/C23H21F2N5O/c1-13(2)30-7-8-31-22-17(24)9-15(10-20(22)30)21-18(25)12-27-23(29-21)28-16-4-3-14-5-6-26-19(14)11-16/h3-6,9-13,26H,7-8H2,1-2H3,(H,27,28,29). The summed E-state index contributed by atoms with van der Waals surface area (Å²) in [6, 6.07) is 10.9. The summed E-state index contributed by atoms with van der Waals surface area (Å²) in [4.78, 5) is 13.6. The molecule has 5 rings (SSSR count). The van der Waals surface area contributed by atoms with Crippen molar-refractivity contribution in [3.05, 3.63) is 60.4 Å². The maximum Gasteiger partial charge on any atom is 0.227 e. The van der Waals surface area contributed by atoms with Gasteiger partial charge in [0.15, 0.2) is 17.4 Å². The first kappa shape index (κ1) is 19.3. The van der Waals surface area contributed by atoms with E-state index in [-0.39, 0.29) is 23.4 Å². The summed E-state index contributed by atoms with van der Waals surface area (Å²) in [5, 5.41) is 4.17. The Bertz CT molecular complexity index is 1270. The Kier molecular flexibility index (Phi) is 4.69. The minimum atomic E-state index is -0.627. The summed E-state index contributed by atoms with van der Waals surface area (Å²) < 4.78 is 35.0. The first-order valence-electron chi connectivity index (χ1n) is 10.1. The van der Waals surface area contributed by atoms with Gasteiger partial charge in [-0.1, -0.05) is 6.07 Å². The Labute approximate surface area is 177 Å². The quantitative estimate of drug-likeness (QED) is 0.471. The molecule has 3 heterocycles. The number of halogens is 2. The molecule has 0 fully saturated rings. The molecule has 0 unspecified atom stereocenters. The number of hydrogen-bond donors (Lipinski definition) is 2. The summed E-state index contributed by atoms with van der Waals surface area (Å²) in [6.07, 6.45) is 2.95. The summed E-state index contributed by atoms with van der Waals surface area (Å²) in [6.45, 7) is 5.08. The van der Waals surface area contributed by atoms with Crippen LogP contribution >= 0.6 is 0 Å². The van der Waals surface area contributed by atoms with Crippen LogP contribution < -0.4 is 15.0 Å². The summed E-state index contributed by atoms with van der Waals surface area (Å²) in [5.74, 6) is -0.756. The zero-order valence-electron chi connectivity index (χ0n) is 17.1. The van der Waals surface area contributed by atoms with Crippen LogP contribution in [-0.2, 0) is 0 Å². The molecule has 158 valence electrons. The molecule has 2 aromatic carbocycles. The Morgan fingerprint density at radius 3 is 2.84 bits per heavy atom. The van der Waals surface area contributed by atoms with Gasteiger partial charge >= 0.3 is 0 Å². The van der Waals surface area contributed by atoms with Crippen molar-refractivity contribution in [1.82, 2.24) is 15.0 Å². The molecule has 6 nitrogen and oxygen atoms in total. The predicted octanol–water partition coefficient (Wildman–Crippen LogP) is 5.25. The molecule has 8 heteroatoms. The molecule has 2 N–H and O–H groups in total. The largest absolute Gasteiger partial charge is 0.486 e. The lowest BCUT2D eigenvalue weighted by molar-refractivity contribution is 0.287. The van der Waals surface area contributed by atoms with Crippen LogP contribution in [0.3, 0.4) is 0 Å². The van der Waals surface area contributed by atoms with Crippen molar-refractivity contribution < 1.29 is 13.5 Å². The Morgan fingerprint density at radius 2 is 2.00 bits per heavy atom. The number of nitrogens with zero attached hydrogens (tertiary/aromatic N) is 3. The van der Waals surface area contributed by atoms with Gasteiger partial charge in [0.05, 0.1) is 18.4 Å².